The number of benzene rings is 1. The monoisotopic (exact) mass is 279 g/mol. The molecule has 0 fully saturated rings. The van der Waals surface area contributed by atoms with Crippen molar-refractivity contribution in [2.45, 2.75) is 11.5 Å². The summed E-state index contributed by atoms with van der Waals surface area (Å²) in [6, 6.07) is 4.89. The fourth-order valence-corrected chi connectivity index (χ4v) is 3.08. The van der Waals surface area contributed by atoms with E-state index in [9.17, 15) is 5.11 Å². The summed E-state index contributed by atoms with van der Waals surface area (Å²) in [6.07, 6.45) is 0. The van der Waals surface area contributed by atoms with Gasteiger partial charge in [0, 0.05) is 22.6 Å². The lowest BCUT2D eigenvalue weighted by Crippen LogP contribution is -2.02. The van der Waals surface area contributed by atoms with Crippen LogP contribution in [0.5, 0.6) is 5.75 Å². The molecule has 0 bridgehead atoms. The third-order valence-electron chi connectivity index (χ3n) is 2.82. The molecule has 0 spiro atoms. The zero-order valence-electron chi connectivity index (χ0n) is 9.35. The maximum absolute atomic E-state index is 9.40. The van der Waals surface area contributed by atoms with Crippen molar-refractivity contribution in [2.75, 3.05) is 5.73 Å². The maximum Gasteiger partial charge on any atom is 0.161 e. The highest BCUT2D eigenvalue weighted by molar-refractivity contribution is 7.98. The van der Waals surface area contributed by atoms with Crippen molar-refractivity contribution in [2.24, 2.45) is 0 Å². The minimum absolute atomic E-state index is 0.0464. The van der Waals surface area contributed by atoms with Crippen LogP contribution in [-0.2, 0) is 11.5 Å². The molecule has 1 aromatic heterocycles. The Morgan fingerprint density at radius 1 is 1.28 bits per heavy atom. The lowest BCUT2D eigenvalue weighted by Gasteiger charge is -2.07. The van der Waals surface area contributed by atoms with Gasteiger partial charge in [-0.25, -0.2) is 9.97 Å². The Bertz CT molecular complexity index is 633. The quantitative estimate of drug-likeness (QED) is 0.840. The van der Waals surface area contributed by atoms with Crippen molar-refractivity contribution in [3.63, 3.8) is 0 Å². The smallest absolute Gasteiger partial charge is 0.161 e. The van der Waals surface area contributed by atoms with Gasteiger partial charge in [0.15, 0.2) is 5.82 Å². The van der Waals surface area contributed by atoms with Gasteiger partial charge in [-0.3, -0.25) is 0 Å². The van der Waals surface area contributed by atoms with Gasteiger partial charge in [0.25, 0.3) is 0 Å². The average molecular weight is 280 g/mol. The molecule has 0 amide bonds. The first kappa shape index (κ1) is 11.6. The average Bonchev–Trinajstić information content (AvgIpc) is 2.81. The van der Waals surface area contributed by atoms with Crippen molar-refractivity contribution >= 4 is 29.2 Å². The number of anilines is 1. The summed E-state index contributed by atoms with van der Waals surface area (Å²) in [6.45, 7) is 0. The molecule has 0 saturated heterocycles. The van der Waals surface area contributed by atoms with Gasteiger partial charge in [0.05, 0.1) is 10.7 Å². The molecule has 1 aliphatic heterocycles. The molecular formula is C12H10ClN3OS. The van der Waals surface area contributed by atoms with Crippen LogP contribution >= 0.6 is 23.4 Å². The van der Waals surface area contributed by atoms with E-state index >= 15 is 0 Å². The SMILES string of the molecule is Nc1nc(-c2ccc(O)c(Cl)c2)nc2c1CSC2. The Kier molecular flexibility index (Phi) is 2.80. The molecule has 0 radical (unpaired) electrons. The van der Waals surface area contributed by atoms with Crippen molar-refractivity contribution in [3.05, 3.63) is 34.5 Å². The standard InChI is InChI=1S/C12H10ClN3OS/c13-8-3-6(1-2-10(8)17)12-15-9-5-18-4-7(9)11(14)16-12/h1-3,17H,4-5H2,(H2,14,15,16). The van der Waals surface area contributed by atoms with Crippen LogP contribution < -0.4 is 5.73 Å². The summed E-state index contributed by atoms with van der Waals surface area (Å²) in [7, 11) is 0. The molecule has 2 aromatic rings. The van der Waals surface area contributed by atoms with Gasteiger partial charge in [0.1, 0.15) is 11.6 Å². The number of halogens is 1. The first-order chi connectivity index (χ1) is 8.65. The second kappa shape index (κ2) is 4.33. The fraction of sp³-hybridized carbons (Fsp3) is 0.167. The minimum atomic E-state index is 0.0464. The van der Waals surface area contributed by atoms with Crippen LogP contribution in [-0.4, -0.2) is 15.1 Å². The number of nitrogen functional groups attached to an aromatic ring is 1. The van der Waals surface area contributed by atoms with Gasteiger partial charge in [-0.1, -0.05) is 11.6 Å². The molecular weight excluding hydrogens is 270 g/mol. The van der Waals surface area contributed by atoms with Crippen LogP contribution in [0.25, 0.3) is 11.4 Å². The predicted octanol–water partition coefficient (Wildman–Crippen LogP) is 2.83. The number of hydrogen-bond acceptors (Lipinski definition) is 5. The molecule has 2 heterocycles. The van der Waals surface area contributed by atoms with Gasteiger partial charge < -0.3 is 10.8 Å². The van der Waals surface area contributed by atoms with Crippen LogP contribution in [0.15, 0.2) is 18.2 Å². The van der Waals surface area contributed by atoms with Crippen LogP contribution in [0.4, 0.5) is 5.82 Å². The molecule has 3 N–H and O–H groups in total. The van der Waals surface area contributed by atoms with Crippen molar-refractivity contribution < 1.29 is 5.11 Å². The van der Waals surface area contributed by atoms with Crippen LogP contribution in [0, 0.1) is 0 Å². The normalized spacial score (nSPS) is 13.6. The zero-order chi connectivity index (χ0) is 12.7. The number of aromatic hydroxyl groups is 1. The second-order valence-electron chi connectivity index (χ2n) is 4.02. The molecule has 92 valence electrons. The number of thioether (sulfide) groups is 1. The minimum Gasteiger partial charge on any atom is -0.506 e. The molecule has 0 atom stereocenters. The van der Waals surface area contributed by atoms with Crippen molar-refractivity contribution in [3.8, 4) is 17.1 Å². The van der Waals surface area contributed by atoms with Gasteiger partial charge in [0.2, 0.25) is 0 Å². The number of phenolic OH excluding ortho intramolecular Hbond substituents is 1. The van der Waals surface area contributed by atoms with E-state index in [0.717, 1.165) is 28.3 Å². The van der Waals surface area contributed by atoms with E-state index in [1.165, 1.54) is 6.07 Å². The van der Waals surface area contributed by atoms with Crippen LogP contribution in [0.2, 0.25) is 5.02 Å². The Labute approximate surface area is 113 Å². The summed E-state index contributed by atoms with van der Waals surface area (Å²) in [4.78, 5) is 8.80. The molecule has 0 unspecified atom stereocenters. The van der Waals surface area contributed by atoms with E-state index < -0.39 is 0 Å². The molecule has 1 aromatic carbocycles. The van der Waals surface area contributed by atoms with Gasteiger partial charge in [-0.15, -0.1) is 0 Å². The highest BCUT2D eigenvalue weighted by Gasteiger charge is 2.18. The Morgan fingerprint density at radius 3 is 2.89 bits per heavy atom. The molecule has 3 rings (SSSR count). The van der Waals surface area contributed by atoms with E-state index in [0.29, 0.717) is 11.6 Å². The summed E-state index contributed by atoms with van der Waals surface area (Å²) in [5, 5.41) is 9.68. The lowest BCUT2D eigenvalue weighted by molar-refractivity contribution is 0.475. The molecule has 18 heavy (non-hydrogen) atoms. The Morgan fingerprint density at radius 2 is 2.11 bits per heavy atom. The third kappa shape index (κ3) is 1.89. The largest absolute Gasteiger partial charge is 0.506 e. The van der Waals surface area contributed by atoms with Gasteiger partial charge >= 0.3 is 0 Å². The predicted molar refractivity (Wildman–Crippen MR) is 73.6 cm³/mol. The fourth-order valence-electron chi connectivity index (χ4n) is 1.85. The number of rotatable bonds is 1. The Balaban J connectivity index is 2.12. The van der Waals surface area contributed by atoms with Gasteiger partial charge in [-0.05, 0) is 18.2 Å². The van der Waals surface area contributed by atoms with Crippen LogP contribution in [0.3, 0.4) is 0 Å². The molecule has 6 heteroatoms. The summed E-state index contributed by atoms with van der Waals surface area (Å²) < 4.78 is 0. The first-order valence-corrected chi connectivity index (χ1v) is 6.90. The number of phenols is 1. The third-order valence-corrected chi connectivity index (χ3v) is 4.09. The Hall–Kier alpha value is -1.46. The van der Waals surface area contributed by atoms with Gasteiger partial charge in [-0.2, -0.15) is 11.8 Å². The highest BCUT2D eigenvalue weighted by atomic mass is 35.5. The van der Waals surface area contributed by atoms with E-state index in [2.05, 4.69) is 9.97 Å². The number of nitrogens with zero attached hydrogens (tertiary/aromatic N) is 2. The van der Waals surface area contributed by atoms with E-state index in [1.807, 2.05) is 0 Å². The second-order valence-corrected chi connectivity index (χ2v) is 5.41. The van der Waals surface area contributed by atoms with Crippen LogP contribution in [0.1, 0.15) is 11.3 Å². The number of fused-ring (bicyclic) bond motifs is 1. The zero-order valence-corrected chi connectivity index (χ0v) is 10.9. The van der Waals surface area contributed by atoms with Crippen molar-refractivity contribution in [1.82, 2.24) is 9.97 Å². The number of aromatic nitrogens is 2. The van der Waals surface area contributed by atoms with E-state index in [4.69, 9.17) is 17.3 Å². The summed E-state index contributed by atoms with van der Waals surface area (Å²) in [5.41, 5.74) is 8.71. The molecule has 4 nitrogen and oxygen atoms in total. The molecule has 0 aliphatic carbocycles. The summed E-state index contributed by atoms with van der Waals surface area (Å²) in [5.74, 6) is 2.86. The number of hydrogen-bond donors (Lipinski definition) is 2. The maximum atomic E-state index is 9.40. The van der Waals surface area contributed by atoms with E-state index in [1.54, 1.807) is 23.9 Å². The lowest BCUT2D eigenvalue weighted by atomic mass is 10.2. The molecule has 0 saturated carbocycles. The summed E-state index contributed by atoms with van der Waals surface area (Å²) >= 11 is 7.66. The van der Waals surface area contributed by atoms with Crippen molar-refractivity contribution in [1.29, 1.82) is 0 Å². The van der Waals surface area contributed by atoms with E-state index in [-0.39, 0.29) is 10.8 Å². The number of nitrogens with two attached hydrogens (primary N) is 1. The highest BCUT2D eigenvalue weighted by Crippen LogP contribution is 2.34. The topological polar surface area (TPSA) is 72.0 Å². The molecule has 1 aliphatic rings. The first-order valence-electron chi connectivity index (χ1n) is 5.37.